The van der Waals surface area contributed by atoms with Gasteiger partial charge in [-0.25, -0.2) is 8.42 Å². The van der Waals surface area contributed by atoms with Gasteiger partial charge in [0, 0.05) is 31.3 Å². The number of fused-ring (bicyclic) bond motifs is 13. The van der Waals surface area contributed by atoms with Crippen LogP contribution in [-0.4, -0.2) is 108 Å². The Hall–Kier alpha value is -0.290. The summed E-state index contributed by atoms with van der Waals surface area (Å²) in [5.41, 5.74) is 0. The Labute approximate surface area is 305 Å². The minimum Gasteiger partial charge on any atom is -0.381 e. The second-order valence-electron chi connectivity index (χ2n) is 19.0. The number of piperidine rings is 6. The fourth-order valence-corrected chi connectivity index (χ4v) is 13.2. The van der Waals surface area contributed by atoms with Crippen molar-refractivity contribution in [2.75, 3.05) is 64.0 Å². The summed E-state index contributed by atoms with van der Waals surface area (Å²) in [4.78, 5) is 2.58. The summed E-state index contributed by atoms with van der Waals surface area (Å²) < 4.78 is 31.9. The van der Waals surface area contributed by atoms with E-state index in [-0.39, 0.29) is 0 Å². The Bertz CT molecular complexity index is 993. The maximum Gasteiger partial charge on any atom is 0.150 e. The van der Waals surface area contributed by atoms with Crippen molar-refractivity contribution in [2.24, 2.45) is 47.3 Å². The third-order valence-corrected chi connectivity index (χ3v) is 16.8. The fourth-order valence-electron chi connectivity index (χ4n) is 10.9. The van der Waals surface area contributed by atoms with E-state index < -0.39 is 9.84 Å². The van der Waals surface area contributed by atoms with E-state index in [4.69, 9.17) is 9.47 Å². The van der Waals surface area contributed by atoms with Crippen LogP contribution in [0.3, 0.4) is 0 Å². The number of hydrogen-bond acceptors (Lipinski definition) is 8. The number of sulfone groups is 1. The molecule has 12 saturated heterocycles. The first kappa shape index (κ1) is 36.7. The first-order chi connectivity index (χ1) is 24.4. The molecule has 0 aromatic rings. The van der Waals surface area contributed by atoms with Crippen LogP contribution in [0.15, 0.2) is 0 Å². The van der Waals surface area contributed by atoms with E-state index in [0.717, 1.165) is 66.8 Å². The molecule has 12 heterocycles. The molecule has 9 heteroatoms. The maximum absolute atomic E-state index is 10.7. The molecule has 16 rings (SSSR count). The topological polar surface area (TPSA) is 91.9 Å². The molecule has 8 nitrogen and oxygen atoms in total. The molecule has 0 spiro atoms. The van der Waals surface area contributed by atoms with Gasteiger partial charge in [0.05, 0.1) is 23.7 Å². The molecule has 3 N–H and O–H groups in total. The van der Waals surface area contributed by atoms with E-state index in [1.807, 2.05) is 0 Å². The number of nitrogens with zero attached hydrogens (tertiary/aromatic N) is 1. The van der Waals surface area contributed by atoms with Crippen LogP contribution in [0, 0.1) is 47.3 Å². The van der Waals surface area contributed by atoms with Crippen molar-refractivity contribution in [1.29, 1.82) is 0 Å². The van der Waals surface area contributed by atoms with E-state index in [1.165, 1.54) is 155 Å². The third-order valence-electron chi connectivity index (χ3n) is 14.9. The minimum atomic E-state index is -2.55. The number of nitrogens with one attached hydrogen (secondary N) is 3. The quantitative estimate of drug-likeness (QED) is 0.307. The van der Waals surface area contributed by atoms with Crippen LogP contribution in [-0.2, 0) is 19.3 Å². The second-order valence-corrected chi connectivity index (χ2v) is 21.1. The molecule has 4 saturated carbocycles. The molecule has 8 bridgehead atoms. The number of ether oxygens (including phenoxy) is 2. The Balaban J connectivity index is 0.0000000844. The van der Waals surface area contributed by atoms with Crippen molar-refractivity contribution in [3.8, 4) is 0 Å². The van der Waals surface area contributed by atoms with Crippen molar-refractivity contribution in [3.63, 3.8) is 0 Å². The van der Waals surface area contributed by atoms with Crippen LogP contribution in [0.4, 0.5) is 0 Å². The Kier molecular flexibility index (Phi) is 12.5. The Morgan fingerprint density at radius 2 is 1.00 bits per heavy atom. The van der Waals surface area contributed by atoms with Gasteiger partial charge in [-0.1, -0.05) is 0 Å². The van der Waals surface area contributed by atoms with Crippen LogP contribution in [0.2, 0.25) is 0 Å². The van der Waals surface area contributed by atoms with Gasteiger partial charge >= 0.3 is 0 Å². The van der Waals surface area contributed by atoms with Crippen molar-refractivity contribution in [3.05, 3.63) is 0 Å². The summed E-state index contributed by atoms with van der Waals surface area (Å²) in [6.07, 6.45) is 27.0. The van der Waals surface area contributed by atoms with E-state index in [2.05, 4.69) is 20.9 Å². The molecule has 0 radical (unpaired) electrons. The molecule has 4 aliphatic carbocycles. The average Bonchev–Trinajstić information content (AvgIpc) is 3.75. The highest BCUT2D eigenvalue weighted by Gasteiger charge is 2.49. The SMILES string of the molecule is C1CC2CCC1CN2.C1CC2CCC1N2.C1CC2CCC1O2.C1CN2CCC1CC2.C1NCC2CC12.C1OCC2CC12.O=S1(=O)CC2CC2C1. The van der Waals surface area contributed by atoms with E-state index in [1.54, 1.807) is 0 Å². The normalized spacial score (nSPS) is 48.1. The zero-order valence-electron chi connectivity index (χ0n) is 31.3. The number of hydrogen-bond donors (Lipinski definition) is 3. The van der Waals surface area contributed by atoms with Crippen molar-refractivity contribution < 1.29 is 17.9 Å². The first-order valence-corrected chi connectivity index (χ1v) is 23.6. The highest BCUT2D eigenvalue weighted by Crippen LogP contribution is 2.46. The molecular weight excluding hydrogens is 645 g/mol. The van der Waals surface area contributed by atoms with Gasteiger partial charge in [-0.15, -0.1) is 0 Å². The smallest absolute Gasteiger partial charge is 0.150 e. The van der Waals surface area contributed by atoms with Gasteiger partial charge in [0.1, 0.15) is 0 Å². The second kappa shape index (κ2) is 17.0. The monoisotopic (exact) mass is 717 g/mol. The molecule has 6 unspecified atom stereocenters. The largest absolute Gasteiger partial charge is 0.381 e. The molecular formula is C41H72N4O4S. The standard InChI is InChI=1S/2C7H13N.C6H11N.C6H10O.C5H9N.C5H8O2S.C5H8O/c1-4-8-5-2-7(1)3-6-8;1-3-7-4-2-6(1)5-8-7;2*1-2-6-4-3-5(1)7-6;1-4-2-6-3-5(1)4;6-8(7)2-4-1-5(4)3-8;1-4-2-6-3-5(1)4/h7H,1-6H2;6-8H,1-5H2;5-7H,1-4H2;5-6H,1-4H2;4-6H,1-3H2;4-5H,1-3H2;4-5H,1-3H2. The Morgan fingerprint density at radius 1 is 0.500 bits per heavy atom. The minimum absolute atomic E-state index is 0.484. The fraction of sp³-hybridized carbons (Fsp3) is 1.00. The molecule has 0 aromatic heterocycles. The van der Waals surface area contributed by atoms with Crippen molar-refractivity contribution in [2.45, 2.75) is 146 Å². The molecule has 12 aliphatic heterocycles. The highest BCUT2D eigenvalue weighted by atomic mass is 32.2. The van der Waals surface area contributed by atoms with Gasteiger partial charge in [0.15, 0.2) is 9.84 Å². The average molecular weight is 717 g/mol. The lowest BCUT2D eigenvalue weighted by Gasteiger charge is -2.38. The van der Waals surface area contributed by atoms with Gasteiger partial charge in [-0.3, -0.25) is 0 Å². The van der Waals surface area contributed by atoms with E-state index in [9.17, 15) is 8.42 Å². The summed E-state index contributed by atoms with van der Waals surface area (Å²) in [6.45, 7) is 10.2. The molecule has 50 heavy (non-hydrogen) atoms. The predicted octanol–water partition coefficient (Wildman–Crippen LogP) is 5.41. The summed E-state index contributed by atoms with van der Waals surface area (Å²) in [5.74, 6) is 8.44. The van der Waals surface area contributed by atoms with Gasteiger partial charge in [0.25, 0.3) is 0 Å². The first-order valence-electron chi connectivity index (χ1n) is 21.8. The van der Waals surface area contributed by atoms with Gasteiger partial charge in [-0.05, 0) is 202 Å². The Morgan fingerprint density at radius 3 is 1.16 bits per heavy atom. The molecule has 16 fully saturated rings. The van der Waals surface area contributed by atoms with Crippen molar-refractivity contribution >= 4 is 9.84 Å². The van der Waals surface area contributed by atoms with Crippen LogP contribution in [0.1, 0.15) is 116 Å². The zero-order chi connectivity index (χ0) is 33.9. The predicted molar refractivity (Wildman–Crippen MR) is 201 cm³/mol. The summed E-state index contributed by atoms with van der Waals surface area (Å²) in [5, 5.41) is 10.4. The summed E-state index contributed by atoms with van der Waals surface area (Å²) >= 11 is 0. The molecule has 16 aliphatic rings. The van der Waals surface area contributed by atoms with Gasteiger partial charge in [-0.2, -0.15) is 0 Å². The lowest BCUT2D eigenvalue weighted by Crippen LogP contribution is -2.44. The lowest BCUT2D eigenvalue weighted by molar-refractivity contribution is 0.105. The summed E-state index contributed by atoms with van der Waals surface area (Å²) in [6, 6.07) is 2.75. The van der Waals surface area contributed by atoms with Crippen LogP contribution < -0.4 is 16.0 Å². The van der Waals surface area contributed by atoms with Crippen molar-refractivity contribution in [1.82, 2.24) is 20.9 Å². The zero-order valence-corrected chi connectivity index (χ0v) is 32.1. The van der Waals surface area contributed by atoms with Crippen LogP contribution in [0.5, 0.6) is 0 Å². The van der Waals surface area contributed by atoms with Crippen LogP contribution in [0.25, 0.3) is 0 Å². The van der Waals surface area contributed by atoms with E-state index in [0.29, 0.717) is 35.5 Å². The summed E-state index contributed by atoms with van der Waals surface area (Å²) in [7, 11) is -2.55. The molecule has 0 amide bonds. The number of rotatable bonds is 0. The van der Waals surface area contributed by atoms with Crippen LogP contribution >= 0.6 is 0 Å². The maximum atomic E-state index is 10.7. The van der Waals surface area contributed by atoms with Gasteiger partial charge in [0.2, 0.25) is 0 Å². The lowest BCUT2D eigenvalue weighted by atomic mass is 9.82. The third kappa shape index (κ3) is 10.9. The highest BCUT2D eigenvalue weighted by molar-refractivity contribution is 7.91. The van der Waals surface area contributed by atoms with E-state index >= 15 is 0 Å². The molecule has 0 aromatic carbocycles. The molecule has 286 valence electrons. The molecule has 6 atom stereocenters. The van der Waals surface area contributed by atoms with Gasteiger partial charge < -0.3 is 30.3 Å².